The molecule has 0 heterocycles. The fraction of sp³-hybridized carbons (Fsp3) is 0.941. The predicted molar refractivity (Wildman–Crippen MR) is 82.3 cm³/mol. The molecule has 0 saturated carbocycles. The molecule has 0 atom stereocenters. The maximum absolute atomic E-state index is 11.8. The number of carbonyl (C=O) groups excluding carboxylic acids is 1. The summed E-state index contributed by atoms with van der Waals surface area (Å²) in [6, 6.07) is 0. The van der Waals surface area contributed by atoms with Gasteiger partial charge in [-0.25, -0.2) is 0 Å². The SMILES string of the molecule is CCCCCC(=O)OC(CCCCC)CCCCC. The van der Waals surface area contributed by atoms with Crippen molar-refractivity contribution >= 4 is 5.97 Å². The van der Waals surface area contributed by atoms with Crippen LogP contribution in [0.1, 0.15) is 97.8 Å². The van der Waals surface area contributed by atoms with E-state index >= 15 is 0 Å². The van der Waals surface area contributed by atoms with E-state index in [0.29, 0.717) is 6.42 Å². The van der Waals surface area contributed by atoms with Crippen LogP contribution in [0.5, 0.6) is 0 Å². The minimum atomic E-state index is 0.0199. The Hall–Kier alpha value is -0.530. The van der Waals surface area contributed by atoms with Crippen molar-refractivity contribution in [2.75, 3.05) is 0 Å². The van der Waals surface area contributed by atoms with Gasteiger partial charge in [0.1, 0.15) is 6.10 Å². The van der Waals surface area contributed by atoms with E-state index in [9.17, 15) is 4.79 Å². The first-order chi connectivity index (χ1) is 9.24. The van der Waals surface area contributed by atoms with Gasteiger partial charge in [-0.3, -0.25) is 4.79 Å². The minimum absolute atomic E-state index is 0.0199. The van der Waals surface area contributed by atoms with Gasteiger partial charge in [-0.2, -0.15) is 0 Å². The fourth-order valence-corrected chi connectivity index (χ4v) is 2.27. The normalized spacial score (nSPS) is 10.9. The molecule has 0 rings (SSSR count). The lowest BCUT2D eigenvalue weighted by Crippen LogP contribution is -2.18. The van der Waals surface area contributed by atoms with Gasteiger partial charge < -0.3 is 4.74 Å². The maximum Gasteiger partial charge on any atom is 0.306 e. The van der Waals surface area contributed by atoms with Crippen LogP contribution < -0.4 is 0 Å². The second-order valence-corrected chi connectivity index (χ2v) is 5.56. The van der Waals surface area contributed by atoms with E-state index in [1.165, 1.54) is 38.5 Å². The molecule has 2 heteroatoms. The van der Waals surface area contributed by atoms with Crippen LogP contribution in [0.2, 0.25) is 0 Å². The monoisotopic (exact) mass is 270 g/mol. The molecule has 19 heavy (non-hydrogen) atoms. The van der Waals surface area contributed by atoms with Gasteiger partial charge in [-0.1, -0.05) is 59.3 Å². The van der Waals surface area contributed by atoms with Crippen LogP contribution in [0.15, 0.2) is 0 Å². The maximum atomic E-state index is 11.8. The van der Waals surface area contributed by atoms with Crippen LogP contribution in [-0.4, -0.2) is 12.1 Å². The molecule has 0 aromatic carbocycles. The molecule has 0 fully saturated rings. The molecular formula is C17H34O2. The van der Waals surface area contributed by atoms with Crippen molar-refractivity contribution in [3.63, 3.8) is 0 Å². The molecule has 0 aliphatic carbocycles. The molecule has 0 N–H and O–H groups in total. The zero-order chi connectivity index (χ0) is 14.3. The lowest BCUT2D eigenvalue weighted by Gasteiger charge is -2.18. The Morgan fingerprint density at radius 3 is 1.74 bits per heavy atom. The van der Waals surface area contributed by atoms with Gasteiger partial charge >= 0.3 is 5.97 Å². The molecular weight excluding hydrogens is 236 g/mol. The molecule has 114 valence electrons. The highest BCUT2D eigenvalue weighted by Gasteiger charge is 2.13. The molecule has 0 aromatic rings. The van der Waals surface area contributed by atoms with Crippen molar-refractivity contribution < 1.29 is 9.53 Å². The fourth-order valence-electron chi connectivity index (χ4n) is 2.27. The van der Waals surface area contributed by atoms with Gasteiger partial charge in [-0.05, 0) is 32.1 Å². The number of carbonyl (C=O) groups is 1. The van der Waals surface area contributed by atoms with Gasteiger partial charge in [-0.15, -0.1) is 0 Å². The van der Waals surface area contributed by atoms with Gasteiger partial charge in [0.2, 0.25) is 0 Å². The van der Waals surface area contributed by atoms with Crippen molar-refractivity contribution in [2.24, 2.45) is 0 Å². The summed E-state index contributed by atoms with van der Waals surface area (Å²) in [5.41, 5.74) is 0. The average Bonchev–Trinajstić information content (AvgIpc) is 2.39. The first-order valence-corrected chi connectivity index (χ1v) is 8.44. The van der Waals surface area contributed by atoms with Crippen molar-refractivity contribution in [2.45, 2.75) is 104 Å². The second-order valence-electron chi connectivity index (χ2n) is 5.56. The second kappa shape index (κ2) is 13.9. The Balaban J connectivity index is 3.89. The molecule has 0 amide bonds. The summed E-state index contributed by atoms with van der Waals surface area (Å²) < 4.78 is 5.65. The number of hydrogen-bond donors (Lipinski definition) is 0. The summed E-state index contributed by atoms with van der Waals surface area (Å²) in [4.78, 5) is 11.8. The standard InChI is InChI=1S/C17H34O2/c1-4-7-10-13-16(14-11-8-5-2)19-17(18)15-12-9-6-3/h16H,4-15H2,1-3H3. The molecule has 0 radical (unpaired) electrons. The predicted octanol–water partition coefficient (Wildman–Crippen LogP) is 5.64. The molecule has 0 aliphatic rings. The summed E-state index contributed by atoms with van der Waals surface area (Å²) in [5, 5.41) is 0. The third-order valence-electron chi connectivity index (χ3n) is 3.54. The third-order valence-corrected chi connectivity index (χ3v) is 3.54. The zero-order valence-corrected chi connectivity index (χ0v) is 13.4. The molecule has 0 aliphatic heterocycles. The van der Waals surface area contributed by atoms with Gasteiger partial charge in [0.05, 0.1) is 0 Å². The van der Waals surface area contributed by atoms with Gasteiger partial charge in [0.15, 0.2) is 0 Å². The quantitative estimate of drug-likeness (QED) is 0.320. The number of esters is 1. The van der Waals surface area contributed by atoms with Crippen LogP contribution in [0.3, 0.4) is 0 Å². The Bertz CT molecular complexity index is 191. The van der Waals surface area contributed by atoms with Crippen LogP contribution in [0.25, 0.3) is 0 Å². The van der Waals surface area contributed by atoms with Gasteiger partial charge in [0, 0.05) is 6.42 Å². The molecule has 0 spiro atoms. The minimum Gasteiger partial charge on any atom is -0.462 e. The highest BCUT2D eigenvalue weighted by molar-refractivity contribution is 5.69. The van der Waals surface area contributed by atoms with E-state index in [2.05, 4.69) is 20.8 Å². The summed E-state index contributed by atoms with van der Waals surface area (Å²) in [6.07, 6.45) is 13.5. The van der Waals surface area contributed by atoms with E-state index in [0.717, 1.165) is 32.1 Å². The largest absolute Gasteiger partial charge is 0.462 e. The summed E-state index contributed by atoms with van der Waals surface area (Å²) in [5.74, 6) is 0.0199. The number of unbranched alkanes of at least 4 members (excludes halogenated alkanes) is 6. The van der Waals surface area contributed by atoms with Crippen molar-refractivity contribution in [3.05, 3.63) is 0 Å². The van der Waals surface area contributed by atoms with Crippen molar-refractivity contribution in [3.8, 4) is 0 Å². The molecule has 2 nitrogen and oxygen atoms in total. The zero-order valence-electron chi connectivity index (χ0n) is 13.4. The van der Waals surface area contributed by atoms with Gasteiger partial charge in [0.25, 0.3) is 0 Å². The molecule has 0 saturated heterocycles. The number of hydrogen-bond acceptors (Lipinski definition) is 2. The van der Waals surface area contributed by atoms with E-state index < -0.39 is 0 Å². The Kier molecular flexibility index (Phi) is 13.5. The first kappa shape index (κ1) is 18.5. The van der Waals surface area contributed by atoms with Crippen molar-refractivity contribution in [1.82, 2.24) is 0 Å². The lowest BCUT2D eigenvalue weighted by molar-refractivity contribution is -0.150. The first-order valence-electron chi connectivity index (χ1n) is 8.44. The van der Waals surface area contributed by atoms with Crippen LogP contribution in [0.4, 0.5) is 0 Å². The number of rotatable bonds is 13. The Labute approximate surface area is 120 Å². The van der Waals surface area contributed by atoms with Crippen LogP contribution >= 0.6 is 0 Å². The highest BCUT2D eigenvalue weighted by Crippen LogP contribution is 2.15. The molecule has 0 unspecified atom stereocenters. The average molecular weight is 270 g/mol. The summed E-state index contributed by atoms with van der Waals surface area (Å²) >= 11 is 0. The Morgan fingerprint density at radius 1 is 0.789 bits per heavy atom. The van der Waals surface area contributed by atoms with E-state index in [4.69, 9.17) is 4.74 Å². The lowest BCUT2D eigenvalue weighted by atomic mass is 10.0. The van der Waals surface area contributed by atoms with E-state index in [1.54, 1.807) is 0 Å². The van der Waals surface area contributed by atoms with E-state index in [1.807, 2.05) is 0 Å². The third kappa shape index (κ3) is 12.3. The molecule has 0 bridgehead atoms. The van der Waals surface area contributed by atoms with Crippen LogP contribution in [-0.2, 0) is 9.53 Å². The summed E-state index contributed by atoms with van der Waals surface area (Å²) in [7, 11) is 0. The highest BCUT2D eigenvalue weighted by atomic mass is 16.5. The van der Waals surface area contributed by atoms with E-state index in [-0.39, 0.29) is 12.1 Å². The number of ether oxygens (including phenoxy) is 1. The summed E-state index contributed by atoms with van der Waals surface area (Å²) in [6.45, 7) is 6.58. The molecule has 0 aromatic heterocycles. The topological polar surface area (TPSA) is 26.3 Å². The smallest absolute Gasteiger partial charge is 0.306 e. The Morgan fingerprint density at radius 2 is 1.26 bits per heavy atom. The van der Waals surface area contributed by atoms with Crippen LogP contribution in [0, 0.1) is 0 Å². The van der Waals surface area contributed by atoms with Crippen molar-refractivity contribution in [1.29, 1.82) is 0 Å².